The van der Waals surface area contributed by atoms with Gasteiger partial charge in [0.25, 0.3) is 0 Å². The van der Waals surface area contributed by atoms with Crippen molar-refractivity contribution in [1.82, 2.24) is 0 Å². The van der Waals surface area contributed by atoms with Crippen LogP contribution in [0.3, 0.4) is 0 Å². The van der Waals surface area contributed by atoms with Crippen molar-refractivity contribution in [1.29, 1.82) is 0 Å². The van der Waals surface area contributed by atoms with Gasteiger partial charge in [-0.2, -0.15) is 0 Å². The van der Waals surface area contributed by atoms with E-state index in [4.69, 9.17) is 9.84 Å². The van der Waals surface area contributed by atoms with Gasteiger partial charge in [-0.15, -0.1) is 0 Å². The summed E-state index contributed by atoms with van der Waals surface area (Å²) in [6, 6.07) is 2.33. The molecule has 1 aliphatic rings. The predicted octanol–water partition coefficient (Wildman–Crippen LogP) is 2.89. The monoisotopic (exact) mass is 285 g/mol. The van der Waals surface area contributed by atoms with Crippen LogP contribution < -0.4 is 5.32 Å². The molecule has 1 aromatic carbocycles. The van der Waals surface area contributed by atoms with Crippen LogP contribution in [0, 0.1) is 17.0 Å². The first-order valence-corrected chi connectivity index (χ1v) is 6.43. The average Bonchev–Trinajstić information content (AvgIpc) is 3.18. The number of carboxylic acid groups (broad SMARTS) is 1. The molecule has 1 saturated carbocycles. The third kappa shape index (κ3) is 3.07. The SMILES string of the molecule is COCCC1(CNc2ccc(C(=O)O)c(F)c2F)CC1. The molecule has 20 heavy (non-hydrogen) atoms. The summed E-state index contributed by atoms with van der Waals surface area (Å²) in [5.74, 6) is -3.96. The molecule has 0 atom stereocenters. The first-order chi connectivity index (χ1) is 9.49. The highest BCUT2D eigenvalue weighted by molar-refractivity contribution is 5.88. The standard InChI is InChI=1S/C14H17F2NO3/c1-20-7-6-14(4-5-14)8-17-10-3-2-9(13(18)19)11(15)12(10)16/h2-3,17H,4-8H2,1H3,(H,18,19). The second-order valence-corrected chi connectivity index (χ2v) is 5.19. The van der Waals surface area contributed by atoms with Crippen LogP contribution in [0.5, 0.6) is 0 Å². The van der Waals surface area contributed by atoms with Crippen LogP contribution in [0.15, 0.2) is 12.1 Å². The fourth-order valence-corrected chi connectivity index (χ4v) is 2.14. The number of nitrogens with one attached hydrogen (secondary N) is 1. The molecule has 1 aromatic rings. The summed E-state index contributed by atoms with van der Waals surface area (Å²) in [5.41, 5.74) is -0.575. The van der Waals surface area contributed by atoms with Gasteiger partial charge in [0.1, 0.15) is 0 Å². The minimum absolute atomic E-state index is 0.00353. The van der Waals surface area contributed by atoms with Gasteiger partial charge in [0.2, 0.25) is 0 Å². The van der Waals surface area contributed by atoms with Gasteiger partial charge in [-0.25, -0.2) is 13.6 Å². The summed E-state index contributed by atoms with van der Waals surface area (Å²) in [7, 11) is 1.63. The van der Waals surface area contributed by atoms with E-state index in [2.05, 4.69) is 5.32 Å². The molecular weight excluding hydrogens is 268 g/mol. The lowest BCUT2D eigenvalue weighted by Gasteiger charge is -2.17. The molecule has 1 aliphatic carbocycles. The van der Waals surface area contributed by atoms with E-state index in [1.54, 1.807) is 7.11 Å². The normalized spacial score (nSPS) is 15.9. The van der Waals surface area contributed by atoms with Crippen molar-refractivity contribution in [3.05, 3.63) is 29.3 Å². The summed E-state index contributed by atoms with van der Waals surface area (Å²) in [4.78, 5) is 10.7. The quantitative estimate of drug-likeness (QED) is 0.808. The van der Waals surface area contributed by atoms with Gasteiger partial charge in [-0.1, -0.05) is 0 Å². The van der Waals surface area contributed by atoms with Gasteiger partial charge < -0.3 is 15.2 Å². The molecule has 2 N–H and O–H groups in total. The zero-order valence-corrected chi connectivity index (χ0v) is 11.2. The van der Waals surface area contributed by atoms with Crippen molar-refractivity contribution in [3.63, 3.8) is 0 Å². The molecule has 0 saturated heterocycles. The second kappa shape index (κ2) is 5.75. The number of benzene rings is 1. The van der Waals surface area contributed by atoms with Crippen LogP contribution in [-0.4, -0.2) is 31.3 Å². The molecule has 110 valence electrons. The van der Waals surface area contributed by atoms with E-state index in [1.807, 2.05) is 0 Å². The molecular formula is C14H17F2NO3. The number of carbonyl (C=O) groups is 1. The van der Waals surface area contributed by atoms with E-state index in [1.165, 1.54) is 6.07 Å². The number of rotatable bonds is 7. The van der Waals surface area contributed by atoms with Gasteiger partial charge in [0.05, 0.1) is 11.3 Å². The van der Waals surface area contributed by atoms with Gasteiger partial charge in [0.15, 0.2) is 11.6 Å². The maximum absolute atomic E-state index is 13.7. The van der Waals surface area contributed by atoms with E-state index in [-0.39, 0.29) is 11.1 Å². The van der Waals surface area contributed by atoms with Crippen molar-refractivity contribution in [3.8, 4) is 0 Å². The van der Waals surface area contributed by atoms with E-state index in [0.29, 0.717) is 13.2 Å². The summed E-state index contributed by atoms with van der Waals surface area (Å²) in [6.07, 6.45) is 2.93. The third-order valence-electron chi connectivity index (χ3n) is 3.76. The highest BCUT2D eigenvalue weighted by atomic mass is 19.2. The average molecular weight is 285 g/mol. The molecule has 0 aromatic heterocycles. The predicted molar refractivity (Wildman–Crippen MR) is 70.0 cm³/mol. The van der Waals surface area contributed by atoms with Crippen LogP contribution in [0.2, 0.25) is 0 Å². The molecule has 0 radical (unpaired) electrons. The number of ether oxygens (including phenoxy) is 1. The number of hydrogen-bond acceptors (Lipinski definition) is 3. The Kier molecular flexibility index (Phi) is 4.23. The lowest BCUT2D eigenvalue weighted by atomic mass is 10.0. The Morgan fingerprint density at radius 1 is 1.40 bits per heavy atom. The topological polar surface area (TPSA) is 58.6 Å². The lowest BCUT2D eigenvalue weighted by molar-refractivity contribution is 0.0690. The fraction of sp³-hybridized carbons (Fsp3) is 0.500. The van der Waals surface area contributed by atoms with Crippen LogP contribution in [0.4, 0.5) is 14.5 Å². The lowest BCUT2D eigenvalue weighted by Crippen LogP contribution is -2.18. The van der Waals surface area contributed by atoms with Gasteiger partial charge in [-0.3, -0.25) is 0 Å². The second-order valence-electron chi connectivity index (χ2n) is 5.19. The Morgan fingerprint density at radius 2 is 2.10 bits per heavy atom. The molecule has 0 heterocycles. The van der Waals surface area contributed by atoms with Crippen LogP contribution in [-0.2, 0) is 4.74 Å². The van der Waals surface area contributed by atoms with Crippen LogP contribution in [0.25, 0.3) is 0 Å². The molecule has 4 nitrogen and oxygen atoms in total. The molecule has 2 rings (SSSR count). The maximum atomic E-state index is 13.7. The van der Waals surface area contributed by atoms with Crippen molar-refractivity contribution >= 4 is 11.7 Å². The number of hydrogen-bond donors (Lipinski definition) is 2. The Hall–Kier alpha value is -1.69. The van der Waals surface area contributed by atoms with Gasteiger partial charge in [0, 0.05) is 20.3 Å². The molecule has 0 unspecified atom stereocenters. The summed E-state index contributed by atoms with van der Waals surface area (Å²) >= 11 is 0. The molecule has 0 amide bonds. The zero-order valence-electron chi connectivity index (χ0n) is 11.2. The molecule has 0 aliphatic heterocycles. The first kappa shape index (κ1) is 14.7. The summed E-state index contributed by atoms with van der Waals surface area (Å²) in [6.45, 7) is 1.16. The van der Waals surface area contributed by atoms with Crippen molar-refractivity contribution in [2.75, 3.05) is 25.6 Å². The highest BCUT2D eigenvalue weighted by Gasteiger charge is 2.41. The Labute approximate surface area is 115 Å². The minimum atomic E-state index is -1.48. The third-order valence-corrected chi connectivity index (χ3v) is 3.76. The van der Waals surface area contributed by atoms with Crippen molar-refractivity contribution < 1.29 is 23.4 Å². The zero-order chi connectivity index (χ0) is 14.8. The minimum Gasteiger partial charge on any atom is -0.478 e. The highest BCUT2D eigenvalue weighted by Crippen LogP contribution is 2.48. The van der Waals surface area contributed by atoms with Crippen molar-refractivity contribution in [2.45, 2.75) is 19.3 Å². The number of methoxy groups -OCH3 is 1. The number of halogens is 2. The largest absolute Gasteiger partial charge is 0.478 e. The number of aromatic carboxylic acids is 1. The molecule has 0 spiro atoms. The Bertz CT molecular complexity index is 515. The van der Waals surface area contributed by atoms with E-state index in [9.17, 15) is 13.6 Å². The van der Waals surface area contributed by atoms with E-state index >= 15 is 0 Å². The summed E-state index contributed by atoms with van der Waals surface area (Å²) < 4.78 is 32.3. The molecule has 6 heteroatoms. The first-order valence-electron chi connectivity index (χ1n) is 6.43. The summed E-state index contributed by atoms with van der Waals surface area (Å²) in [5, 5.41) is 11.6. The van der Waals surface area contributed by atoms with Gasteiger partial charge in [-0.05, 0) is 36.8 Å². The number of anilines is 1. The van der Waals surface area contributed by atoms with Gasteiger partial charge >= 0.3 is 5.97 Å². The van der Waals surface area contributed by atoms with E-state index < -0.39 is 23.2 Å². The van der Waals surface area contributed by atoms with E-state index in [0.717, 1.165) is 25.3 Å². The van der Waals surface area contributed by atoms with Crippen LogP contribution in [0.1, 0.15) is 29.6 Å². The van der Waals surface area contributed by atoms with Crippen LogP contribution >= 0.6 is 0 Å². The smallest absolute Gasteiger partial charge is 0.338 e. The fourth-order valence-electron chi connectivity index (χ4n) is 2.14. The molecule has 0 bridgehead atoms. The maximum Gasteiger partial charge on any atom is 0.338 e. The Balaban J connectivity index is 2.04. The molecule has 1 fully saturated rings. The Morgan fingerprint density at radius 3 is 2.65 bits per heavy atom. The van der Waals surface area contributed by atoms with Crippen molar-refractivity contribution in [2.24, 2.45) is 5.41 Å². The number of carboxylic acids is 1.